The Kier molecular flexibility index (Phi) is 5.81. The molecule has 0 aliphatic heterocycles. The first-order chi connectivity index (χ1) is 16.6. The number of fused-ring (bicyclic) bond motifs is 4. The van der Waals surface area contributed by atoms with Crippen LogP contribution in [0.1, 0.15) is 70.8 Å². The minimum atomic E-state index is -1.09. The van der Waals surface area contributed by atoms with Gasteiger partial charge in [-0.1, -0.05) is 25.1 Å². The molecule has 5 heteroatoms. The molecule has 35 heavy (non-hydrogen) atoms. The molecule has 6 atom stereocenters. The Hall–Kier alpha value is -2.69. The summed E-state index contributed by atoms with van der Waals surface area (Å²) in [4.78, 5) is 39.8. The van der Waals surface area contributed by atoms with Crippen molar-refractivity contribution in [2.24, 2.45) is 23.2 Å². The Morgan fingerprint density at radius 2 is 1.77 bits per heavy atom. The van der Waals surface area contributed by atoms with Crippen LogP contribution in [0.4, 0.5) is 5.69 Å². The van der Waals surface area contributed by atoms with Crippen molar-refractivity contribution in [3.8, 4) is 0 Å². The second-order valence-corrected chi connectivity index (χ2v) is 11.6. The van der Waals surface area contributed by atoms with Crippen molar-refractivity contribution in [3.05, 3.63) is 53.1 Å². The topological polar surface area (TPSA) is 63.7 Å². The van der Waals surface area contributed by atoms with Crippen molar-refractivity contribution in [1.29, 1.82) is 0 Å². The van der Waals surface area contributed by atoms with Crippen LogP contribution in [0.2, 0.25) is 0 Å². The number of nitrogens with zero attached hydrogens (tertiary/aromatic N) is 1. The number of benzene rings is 1. The third-order valence-electron chi connectivity index (χ3n) is 9.63. The van der Waals surface area contributed by atoms with Crippen LogP contribution in [0, 0.1) is 23.2 Å². The van der Waals surface area contributed by atoms with E-state index in [1.807, 2.05) is 20.2 Å². The fourth-order valence-electron chi connectivity index (χ4n) is 8.01. The number of carbonyl (C=O) groups excluding carboxylic acids is 3. The lowest BCUT2D eigenvalue weighted by Crippen LogP contribution is -2.58. The summed E-state index contributed by atoms with van der Waals surface area (Å²) in [6.45, 7) is 5.19. The molecule has 0 radical (unpaired) electrons. The highest BCUT2D eigenvalue weighted by Crippen LogP contribution is 2.67. The highest BCUT2D eigenvalue weighted by molar-refractivity contribution is 5.93. The number of hydrogen-bond acceptors (Lipinski definition) is 5. The molecule has 0 aromatic heterocycles. The van der Waals surface area contributed by atoms with E-state index < -0.39 is 11.0 Å². The van der Waals surface area contributed by atoms with Crippen LogP contribution < -0.4 is 4.90 Å². The van der Waals surface area contributed by atoms with E-state index in [0.717, 1.165) is 31.4 Å². The Bertz CT molecular complexity index is 1130. The zero-order chi connectivity index (χ0) is 25.1. The van der Waals surface area contributed by atoms with E-state index >= 15 is 0 Å². The van der Waals surface area contributed by atoms with Gasteiger partial charge in [0.05, 0.1) is 0 Å². The molecule has 2 saturated carbocycles. The first-order valence-corrected chi connectivity index (χ1v) is 13.0. The Morgan fingerprint density at radius 1 is 1.06 bits per heavy atom. The zero-order valence-corrected chi connectivity index (χ0v) is 21.6. The minimum Gasteiger partial charge on any atom is -0.451 e. The lowest BCUT2D eigenvalue weighted by Gasteiger charge is -2.56. The number of hydrogen-bond donors (Lipinski definition) is 0. The van der Waals surface area contributed by atoms with Crippen molar-refractivity contribution >= 4 is 23.2 Å². The molecule has 2 fully saturated rings. The molecule has 4 aliphatic carbocycles. The second-order valence-electron chi connectivity index (χ2n) is 11.6. The van der Waals surface area contributed by atoms with Crippen LogP contribution >= 0.6 is 0 Å². The van der Waals surface area contributed by atoms with E-state index in [2.05, 4.69) is 42.2 Å². The number of esters is 1. The fraction of sp³-hybridized carbons (Fsp3) is 0.567. The molecule has 186 valence electrons. The van der Waals surface area contributed by atoms with Gasteiger partial charge < -0.3 is 9.64 Å². The third kappa shape index (κ3) is 3.70. The smallest absolute Gasteiger partial charge is 0.303 e. The molecule has 1 aromatic carbocycles. The number of Topliss-reactive ketones (excluding diaryl/α,β-unsaturated/α-hetero) is 1. The Balaban J connectivity index is 1.64. The van der Waals surface area contributed by atoms with E-state index in [4.69, 9.17) is 4.74 Å². The van der Waals surface area contributed by atoms with Crippen LogP contribution in [-0.2, 0) is 19.1 Å². The molecule has 0 bridgehead atoms. The van der Waals surface area contributed by atoms with Crippen LogP contribution in [0.25, 0.3) is 0 Å². The molecule has 4 aliphatic rings. The number of ketones is 2. The number of ether oxygens (including phenoxy) is 1. The molecule has 0 N–H and O–H groups in total. The van der Waals surface area contributed by atoms with Crippen LogP contribution in [0.5, 0.6) is 0 Å². The Morgan fingerprint density at radius 3 is 2.40 bits per heavy atom. The first-order valence-electron chi connectivity index (χ1n) is 13.0. The Labute approximate surface area is 208 Å². The number of rotatable bonds is 4. The minimum absolute atomic E-state index is 0.0445. The first kappa shape index (κ1) is 24.0. The highest BCUT2D eigenvalue weighted by atomic mass is 16.6. The van der Waals surface area contributed by atoms with Crippen molar-refractivity contribution in [2.45, 2.75) is 70.8 Å². The fourth-order valence-corrected chi connectivity index (χ4v) is 8.01. The summed E-state index contributed by atoms with van der Waals surface area (Å²) in [5.41, 5.74) is 3.40. The summed E-state index contributed by atoms with van der Waals surface area (Å²) in [5.74, 6) is 0.915. The van der Waals surface area contributed by atoms with Gasteiger partial charge in [0.25, 0.3) is 0 Å². The monoisotopic (exact) mass is 475 g/mol. The van der Waals surface area contributed by atoms with Crippen molar-refractivity contribution in [1.82, 2.24) is 0 Å². The van der Waals surface area contributed by atoms with Crippen LogP contribution in [0.3, 0.4) is 0 Å². The van der Waals surface area contributed by atoms with E-state index in [1.165, 1.54) is 23.6 Å². The summed E-state index contributed by atoms with van der Waals surface area (Å²) in [6, 6.07) is 8.78. The van der Waals surface area contributed by atoms with Gasteiger partial charge in [0.2, 0.25) is 0 Å². The molecule has 0 amide bonds. The summed E-state index contributed by atoms with van der Waals surface area (Å²) in [5, 5.41) is 0. The van der Waals surface area contributed by atoms with Crippen LogP contribution in [0.15, 0.2) is 47.6 Å². The van der Waals surface area contributed by atoms with E-state index in [-0.39, 0.29) is 29.4 Å². The number of anilines is 1. The molecule has 0 heterocycles. The van der Waals surface area contributed by atoms with Crippen molar-refractivity contribution in [2.75, 3.05) is 19.0 Å². The van der Waals surface area contributed by atoms with Gasteiger partial charge in [-0.25, -0.2) is 0 Å². The van der Waals surface area contributed by atoms with Gasteiger partial charge in [-0.3, -0.25) is 14.4 Å². The standard InChI is InChI=1S/C30H37NO4/c1-18(32)30(35-19(2)33)13-12-28-26-16-22-14-24(34)11-8-21(22)15-25(26)27(17-29(28,30)3)20-6-9-23(10-7-20)31(4)5/h6-7,9-10,14-15,25-28H,8,11-13,16-17H2,1-5H3/t25?,26-,27-,28+,29+,30+/m1/s1. The molecule has 5 nitrogen and oxygen atoms in total. The molecular formula is C30H37NO4. The lowest BCUT2D eigenvalue weighted by atomic mass is 9.49. The lowest BCUT2D eigenvalue weighted by molar-refractivity contribution is -0.185. The summed E-state index contributed by atoms with van der Waals surface area (Å²) >= 11 is 0. The largest absolute Gasteiger partial charge is 0.451 e. The molecule has 1 aromatic rings. The zero-order valence-electron chi connectivity index (χ0n) is 21.6. The SMILES string of the molecule is CC(=O)O[C@]1(C(C)=O)CC[C@H]2[C@@H]3CC4=CC(=O)CCC4=CC3[C@@H](c3ccc(N(C)C)cc3)C[C@@]21C. The van der Waals surface area contributed by atoms with Crippen LogP contribution in [-0.4, -0.2) is 37.2 Å². The predicted octanol–water partition coefficient (Wildman–Crippen LogP) is 5.40. The maximum Gasteiger partial charge on any atom is 0.303 e. The molecule has 5 rings (SSSR count). The molecule has 0 saturated heterocycles. The van der Waals surface area contributed by atoms with E-state index in [9.17, 15) is 14.4 Å². The second kappa shape index (κ2) is 8.46. The quantitative estimate of drug-likeness (QED) is 0.546. The van der Waals surface area contributed by atoms with Gasteiger partial charge >= 0.3 is 5.97 Å². The van der Waals surface area contributed by atoms with Gasteiger partial charge in [-0.05, 0) is 97.6 Å². The van der Waals surface area contributed by atoms with Gasteiger partial charge in [0.1, 0.15) is 0 Å². The molecular weight excluding hydrogens is 438 g/mol. The maximum atomic E-state index is 13.2. The number of allylic oxidation sites excluding steroid dienone is 4. The molecule has 1 unspecified atom stereocenters. The van der Waals surface area contributed by atoms with Crippen molar-refractivity contribution < 1.29 is 19.1 Å². The maximum absolute atomic E-state index is 13.2. The average Bonchev–Trinajstić information content (AvgIpc) is 3.10. The van der Waals surface area contributed by atoms with E-state index in [0.29, 0.717) is 24.7 Å². The average molecular weight is 476 g/mol. The summed E-state index contributed by atoms with van der Waals surface area (Å²) in [6.07, 6.45) is 8.84. The van der Waals surface area contributed by atoms with Crippen molar-refractivity contribution in [3.63, 3.8) is 0 Å². The molecule has 0 spiro atoms. The summed E-state index contributed by atoms with van der Waals surface area (Å²) < 4.78 is 5.99. The third-order valence-corrected chi connectivity index (χ3v) is 9.63. The predicted molar refractivity (Wildman–Crippen MR) is 136 cm³/mol. The number of carbonyl (C=O) groups is 3. The van der Waals surface area contributed by atoms with Gasteiger partial charge in [-0.2, -0.15) is 0 Å². The van der Waals surface area contributed by atoms with Gasteiger partial charge in [0.15, 0.2) is 17.2 Å². The summed E-state index contributed by atoms with van der Waals surface area (Å²) in [7, 11) is 4.08. The normalized spacial score (nSPS) is 35.7. The van der Waals surface area contributed by atoms with Gasteiger partial charge in [-0.15, -0.1) is 0 Å². The highest BCUT2D eigenvalue weighted by Gasteiger charge is 2.67. The van der Waals surface area contributed by atoms with E-state index in [1.54, 1.807) is 6.92 Å². The van der Waals surface area contributed by atoms with Gasteiger partial charge in [0, 0.05) is 38.5 Å².